The number of ether oxygens (including phenoxy) is 4. The van der Waals surface area contributed by atoms with Gasteiger partial charge in [-0.25, -0.2) is 14.2 Å². The highest BCUT2D eigenvalue weighted by Gasteiger charge is 2.43. The second-order valence-electron chi connectivity index (χ2n) is 11.1. The minimum atomic E-state index is -1.27. The van der Waals surface area contributed by atoms with Crippen molar-refractivity contribution in [3.05, 3.63) is 75.6 Å². The van der Waals surface area contributed by atoms with Gasteiger partial charge in [-0.05, 0) is 76.4 Å². The molecule has 8 nitrogen and oxygen atoms in total. The molecule has 0 bridgehead atoms. The number of aryl methyl sites for hydroxylation is 1. The van der Waals surface area contributed by atoms with Crippen LogP contribution in [0.4, 0.5) is 4.39 Å². The average molecular weight is 584 g/mol. The summed E-state index contributed by atoms with van der Waals surface area (Å²) in [7, 11) is 0. The zero-order valence-electron chi connectivity index (χ0n) is 23.6. The third-order valence-corrected chi connectivity index (χ3v) is 8.53. The third-order valence-electron chi connectivity index (χ3n) is 8.29. The lowest BCUT2D eigenvalue weighted by Crippen LogP contribution is -2.36. The number of nitrogens with zero attached hydrogens (tertiary/aromatic N) is 3. The van der Waals surface area contributed by atoms with Gasteiger partial charge in [0.2, 0.25) is 0 Å². The molecule has 0 aliphatic carbocycles. The Morgan fingerprint density at radius 3 is 2.66 bits per heavy atom. The van der Waals surface area contributed by atoms with Crippen molar-refractivity contribution in [1.82, 2.24) is 14.5 Å². The molecule has 0 spiro atoms. The first kappa shape index (κ1) is 28.0. The molecule has 2 fully saturated rings. The molecule has 2 atom stereocenters. The summed E-state index contributed by atoms with van der Waals surface area (Å²) < 4.78 is 40.3. The first-order valence-electron chi connectivity index (χ1n) is 14.3. The van der Waals surface area contributed by atoms with Crippen molar-refractivity contribution < 1.29 is 28.1 Å². The summed E-state index contributed by atoms with van der Waals surface area (Å²) in [5.41, 5.74) is 2.58. The molecule has 3 aliphatic heterocycles. The molecule has 218 valence electrons. The van der Waals surface area contributed by atoms with Gasteiger partial charge in [-0.15, -0.1) is 0 Å². The monoisotopic (exact) mass is 583 g/mol. The van der Waals surface area contributed by atoms with Gasteiger partial charge in [-0.2, -0.15) is 0 Å². The van der Waals surface area contributed by atoms with Crippen LogP contribution in [0.5, 0.6) is 11.5 Å². The van der Waals surface area contributed by atoms with Gasteiger partial charge in [-0.3, -0.25) is 4.90 Å². The molecule has 10 heteroatoms. The zero-order valence-corrected chi connectivity index (χ0v) is 24.4. The van der Waals surface area contributed by atoms with E-state index in [0.717, 1.165) is 50.3 Å². The third kappa shape index (κ3) is 5.43. The summed E-state index contributed by atoms with van der Waals surface area (Å²) in [5.74, 6) is 0.333. The second-order valence-corrected chi connectivity index (χ2v) is 11.5. The van der Waals surface area contributed by atoms with Crippen LogP contribution in [0, 0.1) is 12.7 Å². The Hall–Kier alpha value is -3.14. The largest absolute Gasteiger partial charge is 0.461 e. The SMILES string of the molecule is CCOC(=O)c1c(C)nc(CN2CCC(c3cccc4c3O[C@@](C)(c3ccc(Cl)cc3F)O4)CC2)n1C[C@@H]1CCO1. The number of carbonyl (C=O) groups is 1. The molecular formula is C31H35ClFN3O5. The number of likely N-dealkylation sites (tertiary alicyclic amines) is 1. The van der Waals surface area contributed by atoms with Gasteiger partial charge < -0.3 is 23.5 Å². The van der Waals surface area contributed by atoms with Gasteiger partial charge in [0.15, 0.2) is 17.2 Å². The first-order chi connectivity index (χ1) is 19.8. The molecule has 0 amide bonds. The standard InChI is InChI=1S/C31H35ClFN3O5/c1-4-38-30(37)28-19(2)34-27(36(28)17-22-12-15-39-22)18-35-13-10-20(11-14-35)23-6-5-7-26-29(23)41-31(3,40-26)24-9-8-21(32)16-25(24)33/h5-9,16,20,22H,4,10-15,17-18H2,1-3H3/t22-,31-/m0/s1. The Kier molecular flexibility index (Phi) is 7.70. The lowest BCUT2D eigenvalue weighted by atomic mass is 9.88. The van der Waals surface area contributed by atoms with E-state index in [2.05, 4.69) is 11.0 Å². The van der Waals surface area contributed by atoms with E-state index in [1.54, 1.807) is 19.1 Å². The van der Waals surface area contributed by atoms with Gasteiger partial charge in [0.25, 0.3) is 5.79 Å². The molecule has 0 radical (unpaired) electrons. The highest BCUT2D eigenvalue weighted by molar-refractivity contribution is 6.30. The fourth-order valence-electron chi connectivity index (χ4n) is 6.08. The Balaban J connectivity index is 1.16. The molecule has 1 aromatic heterocycles. The molecule has 0 saturated carbocycles. The van der Waals surface area contributed by atoms with E-state index in [4.69, 9.17) is 35.5 Å². The number of fused-ring (bicyclic) bond motifs is 1. The van der Waals surface area contributed by atoms with E-state index in [0.29, 0.717) is 53.2 Å². The molecule has 0 unspecified atom stereocenters. The predicted octanol–water partition coefficient (Wildman–Crippen LogP) is 5.97. The number of piperidine rings is 1. The molecule has 2 saturated heterocycles. The van der Waals surface area contributed by atoms with E-state index in [9.17, 15) is 9.18 Å². The zero-order chi connectivity index (χ0) is 28.7. The quantitative estimate of drug-likeness (QED) is 0.302. The Morgan fingerprint density at radius 2 is 1.98 bits per heavy atom. The molecule has 2 aromatic carbocycles. The number of para-hydroxylation sites is 1. The van der Waals surface area contributed by atoms with Crippen LogP contribution in [0.3, 0.4) is 0 Å². The maximum atomic E-state index is 14.8. The van der Waals surface area contributed by atoms with Crippen molar-refractivity contribution >= 4 is 17.6 Å². The normalized spacial score (nSPS) is 22.5. The number of rotatable bonds is 8. The maximum Gasteiger partial charge on any atom is 0.356 e. The van der Waals surface area contributed by atoms with Crippen LogP contribution in [0.25, 0.3) is 0 Å². The van der Waals surface area contributed by atoms with E-state index in [1.165, 1.54) is 6.07 Å². The summed E-state index contributed by atoms with van der Waals surface area (Å²) in [6.45, 7) is 9.43. The van der Waals surface area contributed by atoms with Crippen LogP contribution in [0.2, 0.25) is 5.02 Å². The van der Waals surface area contributed by atoms with Crippen LogP contribution < -0.4 is 9.47 Å². The fraction of sp³-hybridized carbons (Fsp3) is 0.484. The van der Waals surface area contributed by atoms with E-state index < -0.39 is 11.6 Å². The number of carbonyl (C=O) groups excluding carboxylic acids is 1. The second kappa shape index (κ2) is 11.3. The fourth-order valence-corrected chi connectivity index (χ4v) is 6.24. The molecule has 41 heavy (non-hydrogen) atoms. The van der Waals surface area contributed by atoms with E-state index in [1.807, 2.05) is 30.5 Å². The number of esters is 1. The summed E-state index contributed by atoms with van der Waals surface area (Å²) >= 11 is 5.97. The van der Waals surface area contributed by atoms with Crippen LogP contribution in [0.1, 0.15) is 72.2 Å². The van der Waals surface area contributed by atoms with Gasteiger partial charge in [0.05, 0.1) is 37.1 Å². The van der Waals surface area contributed by atoms with Gasteiger partial charge in [0, 0.05) is 24.1 Å². The van der Waals surface area contributed by atoms with Gasteiger partial charge in [-0.1, -0.05) is 23.7 Å². The highest BCUT2D eigenvalue weighted by Crippen LogP contribution is 2.49. The summed E-state index contributed by atoms with van der Waals surface area (Å²) in [5, 5.41) is 0.323. The Morgan fingerprint density at radius 1 is 1.20 bits per heavy atom. The molecular weight excluding hydrogens is 549 g/mol. The van der Waals surface area contributed by atoms with Crippen LogP contribution in [-0.4, -0.2) is 52.8 Å². The minimum Gasteiger partial charge on any atom is -0.461 e. The number of hydrogen-bond donors (Lipinski definition) is 0. The van der Waals surface area contributed by atoms with Crippen LogP contribution in [-0.2, 0) is 28.4 Å². The maximum absolute atomic E-state index is 14.8. The van der Waals surface area contributed by atoms with Crippen molar-refractivity contribution in [3.8, 4) is 11.5 Å². The topological polar surface area (TPSA) is 75.0 Å². The highest BCUT2D eigenvalue weighted by atomic mass is 35.5. The summed E-state index contributed by atoms with van der Waals surface area (Å²) in [6.07, 6.45) is 2.90. The number of halogens is 2. The van der Waals surface area contributed by atoms with Crippen molar-refractivity contribution in [3.63, 3.8) is 0 Å². The molecule has 4 heterocycles. The lowest BCUT2D eigenvalue weighted by Gasteiger charge is -2.33. The van der Waals surface area contributed by atoms with Gasteiger partial charge >= 0.3 is 5.97 Å². The molecule has 3 aromatic rings. The Bertz CT molecular complexity index is 1450. The lowest BCUT2D eigenvalue weighted by molar-refractivity contribution is -0.0712. The predicted molar refractivity (Wildman–Crippen MR) is 151 cm³/mol. The first-order valence-corrected chi connectivity index (χ1v) is 14.7. The smallest absolute Gasteiger partial charge is 0.356 e. The minimum absolute atomic E-state index is 0.0932. The van der Waals surface area contributed by atoms with Crippen molar-refractivity contribution in [1.29, 1.82) is 0 Å². The van der Waals surface area contributed by atoms with E-state index in [-0.39, 0.29) is 18.0 Å². The van der Waals surface area contributed by atoms with Crippen molar-refractivity contribution in [2.45, 2.75) is 70.9 Å². The number of hydrogen-bond acceptors (Lipinski definition) is 7. The van der Waals surface area contributed by atoms with Crippen LogP contribution in [0.15, 0.2) is 36.4 Å². The van der Waals surface area contributed by atoms with Crippen molar-refractivity contribution in [2.75, 3.05) is 26.3 Å². The number of imidazole rings is 1. The molecule has 6 rings (SSSR count). The molecule has 0 N–H and O–H groups in total. The van der Waals surface area contributed by atoms with Crippen LogP contribution >= 0.6 is 11.6 Å². The van der Waals surface area contributed by atoms with Gasteiger partial charge in [0.1, 0.15) is 11.6 Å². The molecule has 3 aliphatic rings. The number of benzene rings is 2. The van der Waals surface area contributed by atoms with E-state index >= 15 is 0 Å². The van der Waals surface area contributed by atoms with Crippen molar-refractivity contribution in [2.24, 2.45) is 0 Å². The summed E-state index contributed by atoms with van der Waals surface area (Å²) in [4.78, 5) is 19.9. The summed E-state index contributed by atoms with van der Waals surface area (Å²) in [6, 6.07) is 10.4. The Labute approximate surface area is 244 Å². The number of aromatic nitrogens is 2. The average Bonchev–Trinajstić information content (AvgIpc) is 3.42.